The lowest BCUT2D eigenvalue weighted by Gasteiger charge is -2.24. The van der Waals surface area contributed by atoms with Gasteiger partial charge in [0, 0.05) is 11.6 Å². The molecule has 10 heteroatoms. The Morgan fingerprint density at radius 3 is 2.97 bits per heavy atom. The topological polar surface area (TPSA) is 114 Å². The van der Waals surface area contributed by atoms with Crippen molar-refractivity contribution in [3.8, 4) is 11.5 Å². The third-order valence-corrected chi connectivity index (χ3v) is 5.84. The molecule has 0 spiro atoms. The highest BCUT2D eigenvalue weighted by molar-refractivity contribution is 8.00. The highest BCUT2D eigenvalue weighted by Gasteiger charge is 2.35. The number of amides is 2. The van der Waals surface area contributed by atoms with Gasteiger partial charge in [-0.3, -0.25) is 19.8 Å². The molecule has 1 unspecified atom stereocenters. The molecule has 4 heterocycles. The van der Waals surface area contributed by atoms with Crippen LogP contribution in [0.4, 0.5) is 0 Å². The van der Waals surface area contributed by atoms with Crippen LogP contribution in [0.1, 0.15) is 21.3 Å². The molecule has 0 bridgehead atoms. The van der Waals surface area contributed by atoms with Crippen LogP contribution in [-0.4, -0.2) is 39.3 Å². The van der Waals surface area contributed by atoms with E-state index >= 15 is 0 Å². The number of carbonyl (C=O) groups excluding carboxylic acids is 2. The summed E-state index contributed by atoms with van der Waals surface area (Å²) in [6.07, 6.45) is 1.55. The zero-order chi connectivity index (χ0) is 20.0. The normalized spacial score (nSPS) is 17.7. The molecule has 29 heavy (non-hydrogen) atoms. The molecule has 3 aromatic rings. The van der Waals surface area contributed by atoms with E-state index in [1.54, 1.807) is 30.5 Å². The highest BCUT2D eigenvalue weighted by Crippen LogP contribution is 2.41. The Morgan fingerprint density at radius 1 is 1.21 bits per heavy atom. The minimum Gasteiger partial charge on any atom is -0.454 e. The Balaban J connectivity index is 1.44. The van der Waals surface area contributed by atoms with E-state index < -0.39 is 16.8 Å². The summed E-state index contributed by atoms with van der Waals surface area (Å²) in [5.41, 5.74) is 3.07. The van der Waals surface area contributed by atoms with Gasteiger partial charge in [-0.15, -0.1) is 11.8 Å². The van der Waals surface area contributed by atoms with Crippen LogP contribution >= 0.6 is 11.8 Å². The van der Waals surface area contributed by atoms with Crippen LogP contribution in [0.25, 0.3) is 11.0 Å². The van der Waals surface area contributed by atoms with Crippen molar-refractivity contribution in [1.82, 2.24) is 20.4 Å². The van der Waals surface area contributed by atoms with Gasteiger partial charge in [-0.25, -0.2) is 9.99 Å². The third-order valence-electron chi connectivity index (χ3n) is 4.63. The highest BCUT2D eigenvalue weighted by atomic mass is 32.2. The Kier molecular flexibility index (Phi) is 4.13. The van der Waals surface area contributed by atoms with Gasteiger partial charge in [0.05, 0.1) is 5.75 Å². The standard InChI is InChI=1S/C19H14N4O5S/c24-15-8-29-19(11-3-4-13-14(7-11)28-9-27-13)23(15)22-18(26)12-6-10-2-1-5-20-16(10)21-17(12)25/h1-7,19H,8-9H2,(H,22,26)(H,20,21,25). The Labute approximate surface area is 168 Å². The first-order chi connectivity index (χ1) is 14.1. The van der Waals surface area contributed by atoms with Crippen LogP contribution in [-0.2, 0) is 4.79 Å². The molecule has 2 aromatic heterocycles. The van der Waals surface area contributed by atoms with Gasteiger partial charge < -0.3 is 14.5 Å². The molecule has 146 valence electrons. The Morgan fingerprint density at radius 2 is 2.07 bits per heavy atom. The molecule has 2 amide bonds. The quantitative estimate of drug-likeness (QED) is 0.674. The molecular formula is C19H14N4O5S. The zero-order valence-electron chi connectivity index (χ0n) is 14.9. The van der Waals surface area contributed by atoms with Gasteiger partial charge in [-0.05, 0) is 35.9 Å². The number of aromatic nitrogens is 2. The summed E-state index contributed by atoms with van der Waals surface area (Å²) in [6.45, 7) is 0.148. The Hall–Kier alpha value is -3.53. The van der Waals surface area contributed by atoms with Crippen molar-refractivity contribution in [2.24, 2.45) is 0 Å². The molecule has 0 saturated carbocycles. The molecule has 2 aliphatic rings. The first kappa shape index (κ1) is 17.6. The smallest absolute Gasteiger partial charge is 0.275 e. The van der Waals surface area contributed by atoms with Crippen LogP contribution in [0.15, 0.2) is 47.4 Å². The second-order valence-corrected chi connectivity index (χ2v) is 7.50. The lowest BCUT2D eigenvalue weighted by Crippen LogP contribution is -2.45. The molecular weight excluding hydrogens is 396 g/mol. The number of H-pyrrole nitrogens is 1. The van der Waals surface area contributed by atoms with Crippen molar-refractivity contribution in [3.63, 3.8) is 0 Å². The van der Waals surface area contributed by atoms with Crippen molar-refractivity contribution >= 4 is 34.6 Å². The van der Waals surface area contributed by atoms with Crippen molar-refractivity contribution in [1.29, 1.82) is 0 Å². The minimum atomic E-state index is -0.668. The number of carbonyl (C=O) groups is 2. The van der Waals surface area contributed by atoms with E-state index in [1.807, 2.05) is 6.07 Å². The molecule has 1 aromatic carbocycles. The number of rotatable bonds is 3. The van der Waals surface area contributed by atoms with E-state index in [0.29, 0.717) is 22.5 Å². The number of hydrogen-bond donors (Lipinski definition) is 2. The summed E-state index contributed by atoms with van der Waals surface area (Å²) >= 11 is 1.37. The fraction of sp³-hybridized carbons (Fsp3) is 0.158. The van der Waals surface area contributed by atoms with Crippen LogP contribution in [0.3, 0.4) is 0 Å². The average molecular weight is 410 g/mol. The maximum atomic E-state index is 12.8. The minimum absolute atomic E-state index is 0.0976. The van der Waals surface area contributed by atoms with Gasteiger partial charge in [0.25, 0.3) is 17.4 Å². The van der Waals surface area contributed by atoms with E-state index in [9.17, 15) is 14.4 Å². The van der Waals surface area contributed by atoms with E-state index in [4.69, 9.17) is 9.47 Å². The summed E-state index contributed by atoms with van der Waals surface area (Å²) in [4.78, 5) is 44.1. The summed E-state index contributed by atoms with van der Waals surface area (Å²) < 4.78 is 10.7. The van der Waals surface area contributed by atoms with Gasteiger partial charge in [-0.1, -0.05) is 6.07 Å². The molecule has 0 radical (unpaired) electrons. The van der Waals surface area contributed by atoms with Crippen molar-refractivity contribution in [2.45, 2.75) is 5.37 Å². The monoisotopic (exact) mass is 410 g/mol. The van der Waals surface area contributed by atoms with Crippen LogP contribution in [0.5, 0.6) is 11.5 Å². The number of hydrogen-bond acceptors (Lipinski definition) is 7. The number of nitrogens with zero attached hydrogens (tertiary/aromatic N) is 2. The third kappa shape index (κ3) is 3.07. The summed E-state index contributed by atoms with van der Waals surface area (Å²) in [7, 11) is 0. The van der Waals surface area contributed by atoms with Gasteiger partial charge in [0.15, 0.2) is 11.5 Å². The molecule has 2 N–H and O–H groups in total. The van der Waals surface area contributed by atoms with Gasteiger partial charge >= 0.3 is 0 Å². The van der Waals surface area contributed by atoms with Gasteiger partial charge in [0.2, 0.25) is 6.79 Å². The number of benzene rings is 1. The zero-order valence-corrected chi connectivity index (χ0v) is 15.7. The van der Waals surface area contributed by atoms with Crippen molar-refractivity contribution in [2.75, 3.05) is 12.5 Å². The lowest BCUT2D eigenvalue weighted by molar-refractivity contribution is -0.130. The SMILES string of the molecule is O=C(NN1C(=O)CSC1c1ccc2c(c1)OCO2)c1cc2cccnc2[nH]c1=O. The number of thioether (sulfide) groups is 1. The lowest BCUT2D eigenvalue weighted by atomic mass is 10.2. The molecule has 5 rings (SSSR count). The average Bonchev–Trinajstić information content (AvgIpc) is 3.33. The van der Waals surface area contributed by atoms with E-state index in [0.717, 1.165) is 5.56 Å². The Bertz CT molecular complexity index is 1210. The molecule has 1 saturated heterocycles. The van der Waals surface area contributed by atoms with Crippen LogP contribution in [0, 0.1) is 0 Å². The number of aromatic amines is 1. The number of pyridine rings is 2. The van der Waals surface area contributed by atoms with E-state index in [-0.39, 0.29) is 24.0 Å². The van der Waals surface area contributed by atoms with E-state index in [2.05, 4.69) is 15.4 Å². The van der Waals surface area contributed by atoms with Crippen LogP contribution < -0.4 is 20.5 Å². The van der Waals surface area contributed by atoms with Crippen molar-refractivity contribution < 1.29 is 19.1 Å². The number of hydrazine groups is 1. The summed E-state index contributed by atoms with van der Waals surface area (Å²) in [6, 6.07) is 10.3. The fourth-order valence-electron chi connectivity index (χ4n) is 3.23. The maximum absolute atomic E-state index is 12.8. The summed E-state index contributed by atoms with van der Waals surface area (Å²) in [5.74, 6) is 0.503. The molecule has 2 aliphatic heterocycles. The van der Waals surface area contributed by atoms with Gasteiger partial charge in [0.1, 0.15) is 16.6 Å². The number of ether oxygens (including phenoxy) is 2. The van der Waals surface area contributed by atoms with Gasteiger partial charge in [-0.2, -0.15) is 0 Å². The van der Waals surface area contributed by atoms with Crippen molar-refractivity contribution in [3.05, 3.63) is 64.1 Å². The second kappa shape index (κ2) is 6.82. The summed E-state index contributed by atoms with van der Waals surface area (Å²) in [5, 5.41) is 1.42. The molecule has 0 aliphatic carbocycles. The number of fused-ring (bicyclic) bond motifs is 2. The first-order valence-corrected chi connectivity index (χ1v) is 9.77. The molecule has 1 atom stereocenters. The largest absolute Gasteiger partial charge is 0.454 e. The predicted octanol–water partition coefficient (Wildman–Crippen LogP) is 1.57. The second-order valence-electron chi connectivity index (χ2n) is 6.43. The maximum Gasteiger partial charge on any atom is 0.275 e. The number of nitrogens with one attached hydrogen (secondary N) is 2. The van der Waals surface area contributed by atoms with E-state index in [1.165, 1.54) is 22.8 Å². The predicted molar refractivity (Wildman–Crippen MR) is 104 cm³/mol. The first-order valence-electron chi connectivity index (χ1n) is 8.72. The van der Waals surface area contributed by atoms with Crippen LogP contribution in [0.2, 0.25) is 0 Å². The molecule has 1 fully saturated rings. The molecule has 9 nitrogen and oxygen atoms in total. The fourth-order valence-corrected chi connectivity index (χ4v) is 4.33.